The Balaban J connectivity index is 2.65. The molecular weight excluding hydrogens is 109 g/mol. The van der Waals surface area contributed by atoms with E-state index < -0.39 is 5.98 Å². The first kappa shape index (κ1) is 5.31. The smallest absolute Gasteiger partial charge is 0.305 e. The van der Waals surface area contributed by atoms with Crippen molar-refractivity contribution >= 4 is 0 Å². The van der Waals surface area contributed by atoms with Crippen LogP contribution in [0.3, 0.4) is 0 Å². The number of hydrogen-bond acceptors (Lipinski definition) is 2. The van der Waals surface area contributed by atoms with E-state index in [4.69, 9.17) is 5.11 Å². The molecule has 2 nitrogen and oxygen atoms in total. The molecule has 3 heteroatoms. The van der Waals surface area contributed by atoms with Crippen LogP contribution in [-0.4, -0.2) is 11.1 Å². The number of aliphatic hydroxyl groups is 1. The van der Waals surface area contributed by atoms with Crippen molar-refractivity contribution in [3.63, 3.8) is 0 Å². The standard InChI is InChI=1S/C5H6FNO/c6-5(8)3-1-2-4-7-5/h1-4,7-8H. The zero-order valence-corrected chi connectivity index (χ0v) is 4.13. The minimum atomic E-state index is -2.34. The number of hydrogen-bond donors (Lipinski definition) is 2. The fourth-order valence-corrected chi connectivity index (χ4v) is 0.452. The minimum absolute atomic E-state index is 1.02. The van der Waals surface area contributed by atoms with E-state index in [0.29, 0.717) is 0 Å². The van der Waals surface area contributed by atoms with E-state index in [-0.39, 0.29) is 0 Å². The number of dihydropyridines is 1. The normalized spacial score (nSPS) is 34.8. The fraction of sp³-hybridized carbons (Fsp3) is 0.200. The van der Waals surface area contributed by atoms with Gasteiger partial charge in [-0.05, 0) is 6.08 Å². The van der Waals surface area contributed by atoms with E-state index in [9.17, 15) is 4.39 Å². The molecule has 1 heterocycles. The van der Waals surface area contributed by atoms with Crippen molar-refractivity contribution < 1.29 is 9.50 Å². The van der Waals surface area contributed by atoms with E-state index in [1.807, 2.05) is 0 Å². The van der Waals surface area contributed by atoms with Crippen LogP contribution in [0.2, 0.25) is 0 Å². The number of alkyl halides is 1. The lowest BCUT2D eigenvalue weighted by Gasteiger charge is -2.15. The van der Waals surface area contributed by atoms with Gasteiger partial charge in [0.05, 0.1) is 0 Å². The number of nitrogens with one attached hydrogen (secondary N) is 1. The van der Waals surface area contributed by atoms with E-state index in [1.54, 1.807) is 6.08 Å². The number of halogens is 1. The lowest BCUT2D eigenvalue weighted by atomic mass is 10.3. The minimum Gasteiger partial charge on any atom is -0.342 e. The van der Waals surface area contributed by atoms with Crippen LogP contribution < -0.4 is 5.32 Å². The lowest BCUT2D eigenvalue weighted by Crippen LogP contribution is -2.35. The average Bonchev–Trinajstić information content (AvgIpc) is 1.65. The van der Waals surface area contributed by atoms with Crippen LogP contribution in [0.25, 0.3) is 0 Å². The van der Waals surface area contributed by atoms with Crippen LogP contribution in [0.5, 0.6) is 0 Å². The van der Waals surface area contributed by atoms with E-state index in [2.05, 4.69) is 5.32 Å². The van der Waals surface area contributed by atoms with Crippen molar-refractivity contribution in [1.29, 1.82) is 0 Å². The third-order valence-corrected chi connectivity index (χ3v) is 0.810. The summed E-state index contributed by atoms with van der Waals surface area (Å²) in [5, 5.41) is 10.5. The van der Waals surface area contributed by atoms with E-state index in [1.165, 1.54) is 12.3 Å². The molecule has 0 aromatic rings. The zero-order chi connectivity index (χ0) is 6.04. The Bertz CT molecular complexity index is 139. The molecule has 0 aromatic carbocycles. The highest BCUT2D eigenvalue weighted by molar-refractivity contribution is 5.11. The van der Waals surface area contributed by atoms with Gasteiger partial charge in [-0.2, -0.15) is 4.39 Å². The molecule has 0 saturated heterocycles. The summed E-state index contributed by atoms with van der Waals surface area (Å²) in [5.74, 6) is -2.34. The third kappa shape index (κ3) is 1.07. The number of rotatable bonds is 0. The molecule has 0 bridgehead atoms. The molecule has 0 fully saturated rings. The molecule has 8 heavy (non-hydrogen) atoms. The summed E-state index contributed by atoms with van der Waals surface area (Å²) in [6.45, 7) is 0. The Morgan fingerprint density at radius 2 is 2.25 bits per heavy atom. The maximum absolute atomic E-state index is 12.2. The van der Waals surface area contributed by atoms with Gasteiger partial charge in [-0.3, -0.25) is 0 Å². The van der Waals surface area contributed by atoms with Crippen molar-refractivity contribution in [2.75, 3.05) is 0 Å². The van der Waals surface area contributed by atoms with Crippen molar-refractivity contribution in [2.45, 2.75) is 5.98 Å². The first-order valence-electron chi connectivity index (χ1n) is 2.24. The Labute approximate surface area is 46.3 Å². The molecule has 1 aliphatic heterocycles. The SMILES string of the molecule is OC1(F)C=CC=CN1. The summed E-state index contributed by atoms with van der Waals surface area (Å²) in [6.07, 6.45) is 5.37. The van der Waals surface area contributed by atoms with Gasteiger partial charge in [0.2, 0.25) is 0 Å². The molecule has 0 aromatic heterocycles. The molecule has 1 aliphatic rings. The van der Waals surface area contributed by atoms with Gasteiger partial charge in [-0.15, -0.1) is 0 Å². The maximum Gasteiger partial charge on any atom is 0.305 e. The summed E-state index contributed by atoms with van der Waals surface area (Å²) < 4.78 is 12.2. The van der Waals surface area contributed by atoms with Gasteiger partial charge >= 0.3 is 5.98 Å². The summed E-state index contributed by atoms with van der Waals surface area (Å²) >= 11 is 0. The molecule has 0 spiro atoms. The van der Waals surface area contributed by atoms with E-state index in [0.717, 1.165) is 6.08 Å². The van der Waals surface area contributed by atoms with Crippen molar-refractivity contribution in [3.05, 3.63) is 24.4 Å². The van der Waals surface area contributed by atoms with Gasteiger partial charge in [0.25, 0.3) is 0 Å². The first-order valence-corrected chi connectivity index (χ1v) is 2.24. The van der Waals surface area contributed by atoms with Gasteiger partial charge in [0.1, 0.15) is 0 Å². The largest absolute Gasteiger partial charge is 0.342 e. The van der Waals surface area contributed by atoms with Crippen molar-refractivity contribution in [1.82, 2.24) is 5.32 Å². The van der Waals surface area contributed by atoms with Gasteiger partial charge < -0.3 is 10.4 Å². The zero-order valence-electron chi connectivity index (χ0n) is 4.13. The van der Waals surface area contributed by atoms with Crippen LogP contribution in [0.1, 0.15) is 0 Å². The summed E-state index contributed by atoms with van der Waals surface area (Å²) in [7, 11) is 0. The Morgan fingerprint density at radius 1 is 1.50 bits per heavy atom. The molecule has 2 N–H and O–H groups in total. The predicted molar refractivity (Wildman–Crippen MR) is 27.5 cm³/mol. The quantitative estimate of drug-likeness (QED) is 0.444. The molecule has 0 radical (unpaired) electrons. The summed E-state index contributed by atoms with van der Waals surface area (Å²) in [6, 6.07) is 0. The number of allylic oxidation sites excluding steroid dienone is 2. The lowest BCUT2D eigenvalue weighted by molar-refractivity contribution is -0.0609. The molecule has 0 amide bonds. The molecule has 44 valence electrons. The highest BCUT2D eigenvalue weighted by atomic mass is 19.2. The summed E-state index contributed by atoms with van der Waals surface area (Å²) in [5.41, 5.74) is 0. The van der Waals surface area contributed by atoms with Gasteiger partial charge in [-0.25, -0.2) is 0 Å². The predicted octanol–water partition coefficient (Wildman–Crippen LogP) is 0.275. The van der Waals surface area contributed by atoms with Gasteiger partial charge in [0, 0.05) is 12.3 Å². The monoisotopic (exact) mass is 115 g/mol. The average molecular weight is 115 g/mol. The summed E-state index contributed by atoms with van der Waals surface area (Å²) in [4.78, 5) is 0. The Morgan fingerprint density at radius 3 is 2.50 bits per heavy atom. The topological polar surface area (TPSA) is 32.3 Å². The molecular formula is C5H6FNO. The second kappa shape index (κ2) is 1.59. The van der Waals surface area contributed by atoms with Gasteiger partial charge in [0.15, 0.2) is 0 Å². The van der Waals surface area contributed by atoms with Crippen LogP contribution in [0.15, 0.2) is 24.4 Å². The Kier molecular flexibility index (Phi) is 1.06. The van der Waals surface area contributed by atoms with Crippen LogP contribution in [0, 0.1) is 0 Å². The Hall–Kier alpha value is -0.830. The highest BCUT2D eigenvalue weighted by Crippen LogP contribution is 2.06. The highest BCUT2D eigenvalue weighted by Gasteiger charge is 2.19. The second-order valence-electron chi connectivity index (χ2n) is 1.54. The van der Waals surface area contributed by atoms with Crippen molar-refractivity contribution in [3.8, 4) is 0 Å². The van der Waals surface area contributed by atoms with Crippen molar-refractivity contribution in [2.24, 2.45) is 0 Å². The molecule has 1 unspecified atom stereocenters. The molecule has 0 aliphatic carbocycles. The van der Waals surface area contributed by atoms with Gasteiger partial charge in [-0.1, -0.05) is 6.08 Å². The molecule has 1 atom stereocenters. The third-order valence-electron chi connectivity index (χ3n) is 0.810. The van der Waals surface area contributed by atoms with Crippen LogP contribution in [0.4, 0.5) is 4.39 Å². The first-order chi connectivity index (χ1) is 3.71. The van der Waals surface area contributed by atoms with E-state index >= 15 is 0 Å². The second-order valence-corrected chi connectivity index (χ2v) is 1.54. The van der Waals surface area contributed by atoms with Crippen LogP contribution >= 0.6 is 0 Å². The maximum atomic E-state index is 12.2. The molecule has 0 saturated carbocycles. The fourth-order valence-electron chi connectivity index (χ4n) is 0.452. The van der Waals surface area contributed by atoms with Crippen LogP contribution in [-0.2, 0) is 0 Å². The molecule has 1 rings (SSSR count).